The van der Waals surface area contributed by atoms with E-state index in [0.717, 1.165) is 18.5 Å². The quantitative estimate of drug-likeness (QED) is 0.924. The first kappa shape index (κ1) is 12.2. The molecule has 1 aromatic heterocycles. The summed E-state index contributed by atoms with van der Waals surface area (Å²) in [7, 11) is 0. The van der Waals surface area contributed by atoms with Crippen molar-refractivity contribution in [3.63, 3.8) is 0 Å². The molecule has 0 bridgehead atoms. The molecule has 1 aliphatic heterocycles. The standard InChI is InChI=1S/C10H11Cl2NO2S/c11-8-4-6(9(12)16-8)5-13-3-1-2-7(13)10(14)15/h4,7H,1-3,5H2,(H,14,15). The number of aliphatic carboxylic acids is 1. The Kier molecular flexibility index (Phi) is 3.74. The van der Waals surface area contributed by atoms with Gasteiger partial charge in [0, 0.05) is 6.54 Å². The summed E-state index contributed by atoms with van der Waals surface area (Å²) >= 11 is 13.2. The minimum absolute atomic E-state index is 0.380. The van der Waals surface area contributed by atoms with Crippen molar-refractivity contribution < 1.29 is 9.90 Å². The van der Waals surface area contributed by atoms with E-state index in [-0.39, 0.29) is 6.04 Å². The first-order valence-electron chi connectivity index (χ1n) is 4.98. The molecule has 88 valence electrons. The van der Waals surface area contributed by atoms with E-state index in [2.05, 4.69) is 0 Å². The molecule has 1 aromatic rings. The van der Waals surface area contributed by atoms with Gasteiger partial charge in [0.15, 0.2) is 0 Å². The van der Waals surface area contributed by atoms with Crippen LogP contribution in [0, 0.1) is 0 Å². The summed E-state index contributed by atoms with van der Waals surface area (Å²) in [5.41, 5.74) is 0.921. The van der Waals surface area contributed by atoms with Gasteiger partial charge in [-0.15, -0.1) is 11.3 Å². The van der Waals surface area contributed by atoms with Gasteiger partial charge in [-0.2, -0.15) is 0 Å². The summed E-state index contributed by atoms with van der Waals surface area (Å²) in [4.78, 5) is 12.9. The fourth-order valence-corrected chi connectivity index (χ4v) is 3.47. The number of carboxylic acids is 1. The number of carbonyl (C=O) groups is 1. The number of rotatable bonds is 3. The summed E-state index contributed by atoms with van der Waals surface area (Å²) in [5.74, 6) is -0.755. The molecule has 0 aromatic carbocycles. The molecule has 0 amide bonds. The largest absolute Gasteiger partial charge is 0.480 e. The molecule has 0 saturated carbocycles. The third kappa shape index (κ3) is 2.51. The molecular weight excluding hydrogens is 269 g/mol. The second-order valence-corrected chi connectivity index (χ2v) is 6.10. The maximum Gasteiger partial charge on any atom is 0.320 e. The molecule has 2 heterocycles. The van der Waals surface area contributed by atoms with Gasteiger partial charge in [-0.25, -0.2) is 0 Å². The average molecular weight is 280 g/mol. The predicted molar refractivity (Wildman–Crippen MR) is 65.4 cm³/mol. The number of carboxylic acid groups (broad SMARTS) is 1. The summed E-state index contributed by atoms with van der Waals surface area (Å²) < 4.78 is 1.30. The third-order valence-corrected chi connectivity index (χ3v) is 4.32. The molecule has 1 fully saturated rings. The van der Waals surface area contributed by atoms with Crippen molar-refractivity contribution in [2.75, 3.05) is 6.54 Å². The van der Waals surface area contributed by atoms with Gasteiger partial charge in [0.25, 0.3) is 0 Å². The van der Waals surface area contributed by atoms with Crippen molar-refractivity contribution in [3.05, 3.63) is 20.3 Å². The highest BCUT2D eigenvalue weighted by atomic mass is 35.5. The fourth-order valence-electron chi connectivity index (χ4n) is 2.00. The Labute approximate surface area is 108 Å². The third-order valence-electron chi connectivity index (χ3n) is 2.75. The van der Waals surface area contributed by atoms with Crippen LogP contribution in [0.4, 0.5) is 0 Å². The van der Waals surface area contributed by atoms with E-state index < -0.39 is 5.97 Å². The molecule has 6 heteroatoms. The highest BCUT2D eigenvalue weighted by molar-refractivity contribution is 7.20. The summed E-state index contributed by atoms with van der Waals surface area (Å²) in [6.45, 7) is 1.37. The minimum Gasteiger partial charge on any atom is -0.480 e. The molecule has 1 aliphatic rings. The summed E-state index contributed by atoms with van der Waals surface area (Å²) in [6, 6.07) is 1.43. The van der Waals surface area contributed by atoms with Crippen LogP contribution < -0.4 is 0 Å². The fraction of sp³-hybridized carbons (Fsp3) is 0.500. The van der Waals surface area contributed by atoms with Gasteiger partial charge in [-0.1, -0.05) is 23.2 Å². The van der Waals surface area contributed by atoms with Gasteiger partial charge in [0.05, 0.1) is 8.67 Å². The van der Waals surface area contributed by atoms with Gasteiger partial charge in [-0.3, -0.25) is 9.69 Å². The van der Waals surface area contributed by atoms with Gasteiger partial charge in [0.1, 0.15) is 6.04 Å². The van der Waals surface area contributed by atoms with Crippen LogP contribution in [-0.4, -0.2) is 28.6 Å². The zero-order valence-corrected chi connectivity index (χ0v) is 10.8. The smallest absolute Gasteiger partial charge is 0.320 e. The lowest BCUT2D eigenvalue weighted by Gasteiger charge is -2.20. The van der Waals surface area contributed by atoms with Crippen molar-refractivity contribution in [2.24, 2.45) is 0 Å². The number of halogens is 2. The van der Waals surface area contributed by atoms with Crippen LogP contribution in [0.25, 0.3) is 0 Å². The Balaban J connectivity index is 2.09. The van der Waals surface area contributed by atoms with Crippen LogP contribution in [0.5, 0.6) is 0 Å². The lowest BCUT2D eigenvalue weighted by atomic mass is 10.2. The molecular formula is C10H11Cl2NO2S. The minimum atomic E-state index is -0.755. The summed E-state index contributed by atoms with van der Waals surface area (Å²) in [6.07, 6.45) is 1.64. The van der Waals surface area contributed by atoms with Crippen molar-refractivity contribution in [3.8, 4) is 0 Å². The van der Waals surface area contributed by atoms with E-state index in [0.29, 0.717) is 21.6 Å². The number of hydrogen-bond donors (Lipinski definition) is 1. The first-order chi connectivity index (χ1) is 7.58. The van der Waals surface area contributed by atoms with Crippen LogP contribution in [-0.2, 0) is 11.3 Å². The Morgan fingerprint density at radius 3 is 2.94 bits per heavy atom. The van der Waals surface area contributed by atoms with Crippen LogP contribution in [0.1, 0.15) is 18.4 Å². The van der Waals surface area contributed by atoms with E-state index in [1.165, 1.54) is 11.3 Å². The molecule has 1 unspecified atom stereocenters. The maximum absolute atomic E-state index is 11.0. The van der Waals surface area contributed by atoms with Crippen LogP contribution in [0.3, 0.4) is 0 Å². The highest BCUT2D eigenvalue weighted by Gasteiger charge is 2.30. The van der Waals surface area contributed by atoms with Crippen molar-refractivity contribution in [1.29, 1.82) is 0 Å². The molecule has 0 radical (unpaired) electrons. The molecule has 16 heavy (non-hydrogen) atoms. The Morgan fingerprint density at radius 2 is 2.38 bits per heavy atom. The number of thiophene rings is 1. The van der Waals surface area contributed by atoms with Crippen LogP contribution >= 0.6 is 34.5 Å². The second kappa shape index (κ2) is 4.92. The van der Waals surface area contributed by atoms with E-state index >= 15 is 0 Å². The maximum atomic E-state index is 11.0. The second-order valence-electron chi connectivity index (χ2n) is 3.82. The van der Waals surface area contributed by atoms with Gasteiger partial charge in [0.2, 0.25) is 0 Å². The normalized spacial score (nSPS) is 21.5. The lowest BCUT2D eigenvalue weighted by Crippen LogP contribution is -2.35. The van der Waals surface area contributed by atoms with Gasteiger partial charge < -0.3 is 5.11 Å². The van der Waals surface area contributed by atoms with E-state index in [1.54, 1.807) is 0 Å². The van der Waals surface area contributed by atoms with E-state index in [1.807, 2.05) is 11.0 Å². The average Bonchev–Trinajstić information content (AvgIpc) is 2.75. The van der Waals surface area contributed by atoms with Crippen molar-refractivity contribution in [2.45, 2.75) is 25.4 Å². The monoisotopic (exact) mass is 279 g/mol. The van der Waals surface area contributed by atoms with E-state index in [9.17, 15) is 4.79 Å². The molecule has 2 rings (SSSR count). The Bertz CT molecular complexity index is 408. The SMILES string of the molecule is O=C(O)C1CCCN1Cc1cc(Cl)sc1Cl. The highest BCUT2D eigenvalue weighted by Crippen LogP contribution is 2.33. The molecule has 0 spiro atoms. The van der Waals surface area contributed by atoms with Crippen LogP contribution in [0.2, 0.25) is 8.67 Å². The van der Waals surface area contributed by atoms with E-state index in [4.69, 9.17) is 28.3 Å². The van der Waals surface area contributed by atoms with Crippen molar-refractivity contribution in [1.82, 2.24) is 4.90 Å². The zero-order valence-electron chi connectivity index (χ0n) is 8.45. The molecule has 0 aliphatic carbocycles. The predicted octanol–water partition coefficient (Wildman–Crippen LogP) is 3.10. The Morgan fingerprint density at radius 1 is 1.62 bits per heavy atom. The first-order valence-corrected chi connectivity index (χ1v) is 6.55. The molecule has 3 nitrogen and oxygen atoms in total. The molecule has 1 saturated heterocycles. The van der Waals surface area contributed by atoms with Crippen molar-refractivity contribution >= 4 is 40.5 Å². The molecule has 1 atom stereocenters. The topological polar surface area (TPSA) is 40.5 Å². The van der Waals surface area contributed by atoms with Crippen LogP contribution in [0.15, 0.2) is 6.07 Å². The number of likely N-dealkylation sites (tertiary alicyclic amines) is 1. The summed E-state index contributed by atoms with van der Waals surface area (Å²) in [5, 5.41) is 9.04. The Hall–Kier alpha value is -0.290. The lowest BCUT2D eigenvalue weighted by molar-refractivity contribution is -0.142. The number of nitrogens with zero attached hydrogens (tertiary/aromatic N) is 1. The number of hydrogen-bond acceptors (Lipinski definition) is 3. The van der Waals surface area contributed by atoms with Gasteiger partial charge >= 0.3 is 5.97 Å². The zero-order chi connectivity index (χ0) is 11.7. The van der Waals surface area contributed by atoms with Gasteiger partial charge in [-0.05, 0) is 31.0 Å². The molecule has 1 N–H and O–H groups in total.